The number of H-pyrrole nitrogens is 1. The number of amides is 2. The van der Waals surface area contributed by atoms with Gasteiger partial charge in [-0.1, -0.05) is 12.1 Å². The van der Waals surface area contributed by atoms with E-state index in [9.17, 15) is 18.0 Å². The quantitative estimate of drug-likeness (QED) is 0.275. The lowest BCUT2D eigenvalue weighted by atomic mass is 10.0. The van der Waals surface area contributed by atoms with Crippen LogP contribution in [0.1, 0.15) is 25.0 Å². The van der Waals surface area contributed by atoms with Crippen LogP contribution in [0.15, 0.2) is 60.7 Å². The number of nitrogens with one attached hydrogen (secondary N) is 3. The summed E-state index contributed by atoms with van der Waals surface area (Å²) >= 11 is 0. The lowest BCUT2D eigenvalue weighted by Gasteiger charge is -2.29. The molecule has 10 heteroatoms. The Morgan fingerprint density at radius 1 is 1.05 bits per heavy atom. The van der Waals surface area contributed by atoms with Crippen molar-refractivity contribution in [1.82, 2.24) is 9.97 Å². The summed E-state index contributed by atoms with van der Waals surface area (Å²) in [6.07, 6.45) is -0.585. The first-order valence-corrected chi connectivity index (χ1v) is 11.4. The van der Waals surface area contributed by atoms with Gasteiger partial charge in [0.15, 0.2) is 5.75 Å². The number of methoxy groups -OCH3 is 1. The topological polar surface area (TPSA) is 88.3 Å². The van der Waals surface area contributed by atoms with Crippen molar-refractivity contribution < 1.29 is 27.4 Å². The van der Waals surface area contributed by atoms with Crippen LogP contribution in [-0.4, -0.2) is 28.7 Å². The van der Waals surface area contributed by atoms with Crippen LogP contribution < -0.4 is 20.1 Å². The number of ether oxygens (including phenoxy) is 2. The lowest BCUT2D eigenvalue weighted by Crippen LogP contribution is -2.27. The molecule has 0 spiro atoms. The molecule has 5 rings (SSSR count). The molecular weight excluding hydrogens is 485 g/mol. The molecular formula is C27H23F3N4O3. The van der Waals surface area contributed by atoms with Crippen molar-refractivity contribution in [1.29, 1.82) is 0 Å². The van der Waals surface area contributed by atoms with Crippen molar-refractivity contribution in [3.63, 3.8) is 0 Å². The average molecular weight is 509 g/mol. The number of hydrogen-bond acceptors (Lipinski definition) is 4. The van der Waals surface area contributed by atoms with E-state index in [1.807, 2.05) is 26.0 Å². The summed E-state index contributed by atoms with van der Waals surface area (Å²) in [7, 11) is 1.52. The summed E-state index contributed by atoms with van der Waals surface area (Å²) in [5, 5.41) is 5.56. The maximum atomic E-state index is 12.8. The molecule has 0 radical (unpaired) electrons. The number of halogens is 3. The fraction of sp³-hybridized carbons (Fsp3) is 0.185. The van der Waals surface area contributed by atoms with Crippen molar-refractivity contribution in [2.24, 2.45) is 0 Å². The zero-order valence-corrected chi connectivity index (χ0v) is 20.2. The highest BCUT2D eigenvalue weighted by Crippen LogP contribution is 2.41. The summed E-state index contributed by atoms with van der Waals surface area (Å²) in [6.45, 7) is 3.89. The molecule has 3 N–H and O–H groups in total. The Bertz CT molecular complexity index is 1520. The van der Waals surface area contributed by atoms with Crippen molar-refractivity contribution in [2.75, 3.05) is 17.7 Å². The van der Waals surface area contributed by atoms with Gasteiger partial charge in [-0.05, 0) is 68.5 Å². The number of carbonyl (C=O) groups excluding carboxylic acids is 1. The van der Waals surface area contributed by atoms with Crippen molar-refractivity contribution >= 4 is 34.5 Å². The molecule has 1 aliphatic heterocycles. The van der Waals surface area contributed by atoms with Crippen LogP contribution in [0.2, 0.25) is 0 Å². The molecule has 0 aliphatic carbocycles. The van der Waals surface area contributed by atoms with Gasteiger partial charge in [-0.2, -0.15) is 13.2 Å². The van der Waals surface area contributed by atoms with Gasteiger partial charge in [0.25, 0.3) is 0 Å². The molecule has 1 aliphatic rings. The van der Waals surface area contributed by atoms with Gasteiger partial charge >= 0.3 is 12.2 Å². The molecule has 190 valence electrons. The van der Waals surface area contributed by atoms with Crippen LogP contribution in [0.5, 0.6) is 11.5 Å². The summed E-state index contributed by atoms with van der Waals surface area (Å²) in [5.41, 5.74) is 2.24. The van der Waals surface area contributed by atoms with Gasteiger partial charge in [0.05, 0.1) is 35.0 Å². The number of aromatic nitrogens is 2. The van der Waals surface area contributed by atoms with Gasteiger partial charge in [0, 0.05) is 11.3 Å². The van der Waals surface area contributed by atoms with E-state index in [0.717, 1.165) is 17.7 Å². The first-order valence-electron chi connectivity index (χ1n) is 11.4. The fourth-order valence-electron chi connectivity index (χ4n) is 4.07. The third kappa shape index (κ3) is 4.95. The smallest absolute Gasteiger partial charge is 0.416 e. The number of fused-ring (bicyclic) bond motifs is 2. The van der Waals surface area contributed by atoms with Crippen molar-refractivity contribution in [3.05, 3.63) is 71.8 Å². The molecule has 7 nitrogen and oxygen atoms in total. The minimum Gasteiger partial charge on any atom is -0.494 e. The number of hydrogen-bond donors (Lipinski definition) is 3. The second kappa shape index (κ2) is 8.88. The van der Waals surface area contributed by atoms with E-state index in [1.165, 1.54) is 19.2 Å². The number of nitrogens with zero attached hydrogens (tertiary/aromatic N) is 1. The van der Waals surface area contributed by atoms with Crippen LogP contribution in [-0.2, 0) is 6.18 Å². The number of alkyl halides is 3. The molecule has 1 aromatic heterocycles. The number of rotatable bonds is 4. The lowest BCUT2D eigenvalue weighted by molar-refractivity contribution is -0.137. The Morgan fingerprint density at radius 3 is 2.51 bits per heavy atom. The highest BCUT2D eigenvalue weighted by atomic mass is 19.4. The van der Waals surface area contributed by atoms with E-state index in [0.29, 0.717) is 45.3 Å². The SMILES string of the molecule is COc1c(NC(=O)Nc2ccc3[nH]c(-c4ccc(C(F)(F)F)cc4)nc3c2)ccc2c1C=CC(C)(C)O2. The van der Waals surface area contributed by atoms with E-state index in [4.69, 9.17) is 9.47 Å². The maximum absolute atomic E-state index is 12.8. The third-order valence-electron chi connectivity index (χ3n) is 5.86. The molecule has 2 amide bonds. The molecule has 3 aromatic carbocycles. The third-order valence-corrected chi connectivity index (χ3v) is 5.86. The van der Waals surface area contributed by atoms with E-state index >= 15 is 0 Å². The fourth-order valence-corrected chi connectivity index (χ4v) is 4.07. The summed E-state index contributed by atoms with van der Waals surface area (Å²) in [4.78, 5) is 20.3. The van der Waals surface area contributed by atoms with Crippen LogP contribution in [0.4, 0.5) is 29.3 Å². The highest BCUT2D eigenvalue weighted by Gasteiger charge is 2.30. The zero-order chi connectivity index (χ0) is 26.4. The number of benzene rings is 3. The normalized spacial score (nSPS) is 14.1. The second-order valence-corrected chi connectivity index (χ2v) is 9.07. The Balaban J connectivity index is 1.33. The first-order chi connectivity index (χ1) is 17.5. The number of anilines is 2. The molecule has 0 bridgehead atoms. The minimum atomic E-state index is -4.40. The molecule has 37 heavy (non-hydrogen) atoms. The molecule has 0 unspecified atom stereocenters. The summed E-state index contributed by atoms with van der Waals surface area (Å²) in [5.74, 6) is 1.55. The van der Waals surface area contributed by atoms with E-state index in [-0.39, 0.29) is 0 Å². The monoisotopic (exact) mass is 508 g/mol. The van der Waals surface area contributed by atoms with E-state index < -0.39 is 23.4 Å². The Morgan fingerprint density at radius 2 is 1.81 bits per heavy atom. The molecule has 2 heterocycles. The van der Waals surface area contributed by atoms with Gasteiger partial charge in [-0.3, -0.25) is 0 Å². The number of imidazole rings is 1. The van der Waals surface area contributed by atoms with Crippen molar-refractivity contribution in [3.8, 4) is 22.9 Å². The zero-order valence-electron chi connectivity index (χ0n) is 20.2. The van der Waals surface area contributed by atoms with Crippen molar-refractivity contribution in [2.45, 2.75) is 25.6 Å². The largest absolute Gasteiger partial charge is 0.494 e. The van der Waals surface area contributed by atoms with Gasteiger partial charge < -0.3 is 25.1 Å². The van der Waals surface area contributed by atoms with Crippen LogP contribution in [0, 0.1) is 0 Å². The van der Waals surface area contributed by atoms with Crippen LogP contribution >= 0.6 is 0 Å². The minimum absolute atomic E-state index is 0.419. The Hall–Kier alpha value is -4.47. The molecule has 0 fully saturated rings. The summed E-state index contributed by atoms with van der Waals surface area (Å²) in [6, 6.07) is 12.8. The second-order valence-electron chi connectivity index (χ2n) is 9.07. The standard InChI is InChI=1S/C27H23F3N4O3/c1-26(2)13-12-18-22(37-26)11-10-20(23(18)36-3)34-25(35)31-17-8-9-19-21(14-17)33-24(32-19)15-4-6-16(7-5-15)27(28,29)30/h4-14H,1-3H3,(H,32,33)(H2,31,34,35). The molecule has 0 saturated heterocycles. The predicted molar refractivity (Wildman–Crippen MR) is 136 cm³/mol. The first kappa shape index (κ1) is 24.2. The van der Waals surface area contributed by atoms with Gasteiger partial charge in [-0.25, -0.2) is 9.78 Å². The van der Waals surface area contributed by atoms with Gasteiger partial charge in [-0.15, -0.1) is 0 Å². The molecule has 4 aromatic rings. The predicted octanol–water partition coefficient (Wildman–Crippen LogP) is 7.09. The van der Waals surface area contributed by atoms with Gasteiger partial charge in [0.2, 0.25) is 0 Å². The highest BCUT2D eigenvalue weighted by molar-refractivity contribution is 6.02. The van der Waals surface area contributed by atoms with E-state index in [2.05, 4.69) is 20.6 Å². The summed E-state index contributed by atoms with van der Waals surface area (Å²) < 4.78 is 50.0. The van der Waals surface area contributed by atoms with Crippen LogP contribution in [0.3, 0.4) is 0 Å². The average Bonchev–Trinajstić information content (AvgIpc) is 3.26. The number of aromatic amines is 1. The number of urea groups is 1. The van der Waals surface area contributed by atoms with Crippen LogP contribution in [0.25, 0.3) is 28.5 Å². The number of carbonyl (C=O) groups is 1. The molecule has 0 atom stereocenters. The maximum Gasteiger partial charge on any atom is 0.416 e. The van der Waals surface area contributed by atoms with Gasteiger partial charge in [0.1, 0.15) is 17.2 Å². The van der Waals surface area contributed by atoms with E-state index in [1.54, 1.807) is 30.3 Å². The molecule has 0 saturated carbocycles. The Labute approximate surface area is 210 Å². The Kier molecular flexibility index (Phi) is 5.82.